The van der Waals surface area contributed by atoms with Gasteiger partial charge in [0.05, 0.1) is 0 Å². The quantitative estimate of drug-likeness (QED) is 0.743. The number of carbonyl (C=O) groups excluding carboxylic acids is 1. The minimum absolute atomic E-state index is 0. The van der Waals surface area contributed by atoms with Crippen molar-refractivity contribution in [2.75, 3.05) is 19.6 Å². The highest BCUT2D eigenvalue weighted by Gasteiger charge is 2.26. The van der Waals surface area contributed by atoms with Gasteiger partial charge in [0.1, 0.15) is 0 Å². The highest BCUT2D eigenvalue weighted by atomic mass is 35.5. The molecule has 1 aromatic rings. The number of benzene rings is 1. The Hall–Kier alpha value is -1.06. The summed E-state index contributed by atoms with van der Waals surface area (Å²) in [6, 6.07) is 10.5. The standard InChI is InChI=1S/C20H32N2O.ClH/c1-20(2,13-6-10-17-8-4-3-5-9-17)19(23)22-15-12-18-11-7-14-21-16-18;/h3-5,8-9,18,21H,6-7,10-16H2,1-2H3,(H,22,23);1H. The number of hydrogen-bond donors (Lipinski definition) is 2. The van der Waals surface area contributed by atoms with Gasteiger partial charge in [-0.15, -0.1) is 12.4 Å². The molecule has 0 saturated carbocycles. The van der Waals surface area contributed by atoms with Crippen LogP contribution < -0.4 is 10.6 Å². The Balaban J connectivity index is 0.00000288. The number of carbonyl (C=O) groups is 1. The average Bonchev–Trinajstić information content (AvgIpc) is 2.56. The van der Waals surface area contributed by atoms with Crippen molar-refractivity contribution in [1.82, 2.24) is 10.6 Å². The van der Waals surface area contributed by atoms with Crippen LogP contribution >= 0.6 is 12.4 Å². The van der Waals surface area contributed by atoms with Crippen LogP contribution in [0.1, 0.15) is 51.5 Å². The van der Waals surface area contributed by atoms with Gasteiger partial charge in [-0.2, -0.15) is 0 Å². The summed E-state index contributed by atoms with van der Waals surface area (Å²) in [5.41, 5.74) is 1.08. The fraction of sp³-hybridized carbons (Fsp3) is 0.650. The topological polar surface area (TPSA) is 41.1 Å². The summed E-state index contributed by atoms with van der Waals surface area (Å²) in [5, 5.41) is 6.59. The lowest BCUT2D eigenvalue weighted by molar-refractivity contribution is -0.129. The molecule has 4 heteroatoms. The summed E-state index contributed by atoms with van der Waals surface area (Å²) >= 11 is 0. The molecule has 2 rings (SSSR count). The third kappa shape index (κ3) is 7.23. The molecule has 0 spiro atoms. The van der Waals surface area contributed by atoms with E-state index in [1.54, 1.807) is 0 Å². The molecule has 1 fully saturated rings. The lowest BCUT2D eigenvalue weighted by atomic mass is 9.85. The first-order valence-electron chi connectivity index (χ1n) is 9.11. The Kier molecular flexibility index (Phi) is 9.38. The molecule has 136 valence electrons. The molecule has 1 aliphatic rings. The van der Waals surface area contributed by atoms with E-state index in [9.17, 15) is 4.79 Å². The van der Waals surface area contributed by atoms with Crippen LogP contribution in [0.25, 0.3) is 0 Å². The van der Waals surface area contributed by atoms with Gasteiger partial charge in [0.15, 0.2) is 0 Å². The second kappa shape index (κ2) is 10.7. The zero-order valence-electron chi connectivity index (χ0n) is 15.1. The van der Waals surface area contributed by atoms with Crippen molar-refractivity contribution in [2.45, 2.75) is 52.4 Å². The van der Waals surface area contributed by atoms with Crippen LogP contribution in [0.5, 0.6) is 0 Å². The van der Waals surface area contributed by atoms with E-state index in [-0.39, 0.29) is 23.7 Å². The highest BCUT2D eigenvalue weighted by Crippen LogP contribution is 2.24. The molecule has 2 N–H and O–H groups in total. The molecule has 1 atom stereocenters. The van der Waals surface area contributed by atoms with E-state index in [1.807, 2.05) is 6.07 Å². The highest BCUT2D eigenvalue weighted by molar-refractivity contribution is 5.85. The first-order chi connectivity index (χ1) is 11.1. The SMILES string of the molecule is CC(C)(CCCc1ccccc1)C(=O)NCCC1CCCNC1.Cl. The summed E-state index contributed by atoms with van der Waals surface area (Å²) < 4.78 is 0. The number of halogens is 1. The lowest BCUT2D eigenvalue weighted by Gasteiger charge is -2.26. The predicted molar refractivity (Wildman–Crippen MR) is 104 cm³/mol. The van der Waals surface area contributed by atoms with E-state index < -0.39 is 0 Å². The van der Waals surface area contributed by atoms with Gasteiger partial charge in [0, 0.05) is 12.0 Å². The van der Waals surface area contributed by atoms with Crippen LogP contribution in [-0.4, -0.2) is 25.5 Å². The number of rotatable bonds is 8. The van der Waals surface area contributed by atoms with Gasteiger partial charge in [0.25, 0.3) is 0 Å². The third-order valence-corrected chi connectivity index (χ3v) is 4.96. The second-order valence-corrected chi connectivity index (χ2v) is 7.48. The summed E-state index contributed by atoms with van der Waals surface area (Å²) in [6.07, 6.45) is 6.69. The number of piperidine rings is 1. The molecule has 1 amide bonds. The third-order valence-electron chi connectivity index (χ3n) is 4.96. The van der Waals surface area contributed by atoms with Crippen molar-refractivity contribution in [2.24, 2.45) is 11.3 Å². The summed E-state index contributed by atoms with van der Waals surface area (Å²) in [4.78, 5) is 12.4. The van der Waals surface area contributed by atoms with Gasteiger partial charge in [-0.3, -0.25) is 4.79 Å². The number of aryl methyl sites for hydroxylation is 1. The molecular weight excluding hydrogens is 320 g/mol. The minimum atomic E-state index is -0.278. The zero-order chi connectivity index (χ0) is 16.5. The van der Waals surface area contributed by atoms with Crippen LogP contribution in [0.2, 0.25) is 0 Å². The van der Waals surface area contributed by atoms with Crippen LogP contribution in [0.4, 0.5) is 0 Å². The molecule has 1 heterocycles. The van der Waals surface area contributed by atoms with E-state index in [2.05, 4.69) is 48.7 Å². The van der Waals surface area contributed by atoms with E-state index in [4.69, 9.17) is 0 Å². The number of hydrogen-bond acceptors (Lipinski definition) is 2. The molecule has 0 bridgehead atoms. The van der Waals surface area contributed by atoms with Crippen molar-refractivity contribution in [3.8, 4) is 0 Å². The molecular formula is C20H33ClN2O. The van der Waals surface area contributed by atoms with Crippen molar-refractivity contribution >= 4 is 18.3 Å². The van der Waals surface area contributed by atoms with Gasteiger partial charge in [0.2, 0.25) is 5.91 Å². The first kappa shape index (κ1) is 21.0. The largest absolute Gasteiger partial charge is 0.356 e. The molecule has 1 unspecified atom stereocenters. The molecule has 24 heavy (non-hydrogen) atoms. The smallest absolute Gasteiger partial charge is 0.225 e. The van der Waals surface area contributed by atoms with Gasteiger partial charge >= 0.3 is 0 Å². The van der Waals surface area contributed by atoms with Gasteiger partial charge < -0.3 is 10.6 Å². The monoisotopic (exact) mass is 352 g/mol. The molecule has 0 aliphatic carbocycles. The summed E-state index contributed by atoms with van der Waals surface area (Å²) in [5.74, 6) is 0.930. The van der Waals surface area contributed by atoms with Crippen LogP contribution in [-0.2, 0) is 11.2 Å². The maximum atomic E-state index is 12.4. The van der Waals surface area contributed by atoms with Gasteiger partial charge in [-0.05, 0) is 63.1 Å². The Labute approximate surface area is 153 Å². The van der Waals surface area contributed by atoms with Crippen LogP contribution in [0.15, 0.2) is 30.3 Å². The lowest BCUT2D eigenvalue weighted by Crippen LogP contribution is -2.39. The van der Waals surface area contributed by atoms with Gasteiger partial charge in [-0.25, -0.2) is 0 Å². The van der Waals surface area contributed by atoms with E-state index in [0.717, 1.165) is 51.2 Å². The number of amides is 1. The minimum Gasteiger partial charge on any atom is -0.356 e. The Morgan fingerprint density at radius 3 is 2.71 bits per heavy atom. The van der Waals surface area contributed by atoms with Crippen LogP contribution in [0.3, 0.4) is 0 Å². The number of nitrogens with one attached hydrogen (secondary N) is 2. The van der Waals surface area contributed by atoms with Crippen molar-refractivity contribution in [1.29, 1.82) is 0 Å². The average molecular weight is 353 g/mol. The fourth-order valence-electron chi connectivity index (χ4n) is 3.29. The van der Waals surface area contributed by atoms with E-state index in [0.29, 0.717) is 0 Å². The Morgan fingerprint density at radius 1 is 1.29 bits per heavy atom. The molecule has 3 nitrogen and oxygen atoms in total. The normalized spacial score (nSPS) is 17.8. The predicted octanol–water partition coefficient (Wildman–Crippen LogP) is 3.96. The van der Waals surface area contributed by atoms with Crippen molar-refractivity contribution < 1.29 is 4.79 Å². The maximum Gasteiger partial charge on any atom is 0.225 e. The zero-order valence-corrected chi connectivity index (χ0v) is 16.0. The van der Waals surface area contributed by atoms with Gasteiger partial charge in [-0.1, -0.05) is 44.2 Å². The van der Waals surface area contributed by atoms with Crippen LogP contribution in [0, 0.1) is 11.3 Å². The summed E-state index contributed by atoms with van der Waals surface area (Å²) in [7, 11) is 0. The second-order valence-electron chi connectivity index (χ2n) is 7.48. The van der Waals surface area contributed by atoms with Crippen molar-refractivity contribution in [3.63, 3.8) is 0 Å². The maximum absolute atomic E-state index is 12.4. The molecule has 1 aromatic carbocycles. The van der Waals surface area contributed by atoms with E-state index in [1.165, 1.54) is 18.4 Å². The molecule has 1 aliphatic heterocycles. The van der Waals surface area contributed by atoms with E-state index >= 15 is 0 Å². The first-order valence-corrected chi connectivity index (χ1v) is 9.11. The summed E-state index contributed by atoms with van der Waals surface area (Å²) in [6.45, 7) is 7.20. The molecule has 0 aromatic heterocycles. The fourth-order valence-corrected chi connectivity index (χ4v) is 3.29. The molecule has 1 saturated heterocycles. The Morgan fingerprint density at radius 2 is 2.04 bits per heavy atom. The molecule has 0 radical (unpaired) electrons. The van der Waals surface area contributed by atoms with Crippen molar-refractivity contribution in [3.05, 3.63) is 35.9 Å². The Bertz CT molecular complexity index is 470.